The summed E-state index contributed by atoms with van der Waals surface area (Å²) in [4.78, 5) is 11.8. The van der Waals surface area contributed by atoms with Crippen molar-refractivity contribution < 1.29 is 9.90 Å². The Morgan fingerprint density at radius 2 is 2.11 bits per heavy atom. The van der Waals surface area contributed by atoms with Crippen LogP contribution in [0.3, 0.4) is 0 Å². The first-order valence-corrected chi connectivity index (χ1v) is 11.4. The van der Waals surface area contributed by atoms with E-state index in [4.69, 9.17) is 0 Å². The molecule has 1 N–H and O–H groups in total. The Labute approximate surface area is 118 Å². The summed E-state index contributed by atoms with van der Waals surface area (Å²) in [5.41, 5.74) is -0.446. The van der Waals surface area contributed by atoms with Crippen molar-refractivity contribution in [3.8, 4) is 0 Å². The predicted octanol–water partition coefficient (Wildman–Crippen LogP) is 4.41. The minimum absolute atomic E-state index is 0.296. The number of aliphatic carboxylic acids is 1. The van der Waals surface area contributed by atoms with Crippen LogP contribution in [-0.4, -0.2) is 19.1 Å². The van der Waals surface area contributed by atoms with E-state index < -0.39 is 19.5 Å². The van der Waals surface area contributed by atoms with Gasteiger partial charge in [-0.2, -0.15) is 0 Å². The largest absolute Gasteiger partial charge is 0.481 e. The summed E-state index contributed by atoms with van der Waals surface area (Å²) in [6, 6.07) is 1.31. The number of allylic oxidation sites excluding steroid dienone is 2. The van der Waals surface area contributed by atoms with Gasteiger partial charge in [0.05, 0.1) is 5.41 Å². The molecule has 2 aliphatic carbocycles. The van der Waals surface area contributed by atoms with E-state index in [1.807, 2.05) is 0 Å². The standard InChI is InChI=1S/C16H28O2Si/c1-12(7-8-19(2,3)4)10-16(15(17)18)11-13-5-6-14(16)9-13/h5-6,12-14H,7-11H2,1-4H3,(H,17,18). The van der Waals surface area contributed by atoms with Crippen molar-refractivity contribution in [1.82, 2.24) is 0 Å². The Kier molecular flexibility index (Phi) is 3.96. The predicted molar refractivity (Wildman–Crippen MR) is 82.0 cm³/mol. The Bertz CT molecular complexity index is 383. The van der Waals surface area contributed by atoms with E-state index in [1.54, 1.807) is 0 Å². The Morgan fingerprint density at radius 3 is 2.53 bits per heavy atom. The first-order valence-electron chi connectivity index (χ1n) is 7.65. The molecule has 0 aromatic carbocycles. The van der Waals surface area contributed by atoms with E-state index in [-0.39, 0.29) is 0 Å². The number of rotatable bonds is 6. The molecule has 2 nitrogen and oxygen atoms in total. The highest BCUT2D eigenvalue weighted by Crippen LogP contribution is 2.55. The molecule has 0 aromatic rings. The molecular formula is C16H28O2Si. The van der Waals surface area contributed by atoms with Gasteiger partial charge in [0, 0.05) is 8.07 Å². The van der Waals surface area contributed by atoms with Gasteiger partial charge in [-0.25, -0.2) is 0 Å². The van der Waals surface area contributed by atoms with E-state index in [0.29, 0.717) is 17.8 Å². The van der Waals surface area contributed by atoms with Gasteiger partial charge >= 0.3 is 5.97 Å². The third kappa shape index (κ3) is 3.13. The molecule has 0 radical (unpaired) electrons. The molecule has 108 valence electrons. The van der Waals surface area contributed by atoms with Crippen molar-refractivity contribution in [3.63, 3.8) is 0 Å². The van der Waals surface area contributed by atoms with Crippen LogP contribution in [-0.2, 0) is 4.79 Å². The fourth-order valence-corrected chi connectivity index (χ4v) is 5.29. The molecule has 0 spiro atoms. The van der Waals surface area contributed by atoms with E-state index in [0.717, 1.165) is 19.3 Å². The van der Waals surface area contributed by atoms with Gasteiger partial charge in [0.25, 0.3) is 0 Å². The van der Waals surface area contributed by atoms with Crippen molar-refractivity contribution in [2.75, 3.05) is 0 Å². The molecule has 2 aliphatic rings. The van der Waals surface area contributed by atoms with Crippen molar-refractivity contribution >= 4 is 14.0 Å². The van der Waals surface area contributed by atoms with Crippen LogP contribution in [0.25, 0.3) is 0 Å². The van der Waals surface area contributed by atoms with Crippen LogP contribution >= 0.6 is 0 Å². The Hall–Kier alpha value is -0.573. The quantitative estimate of drug-likeness (QED) is 0.578. The smallest absolute Gasteiger partial charge is 0.310 e. The topological polar surface area (TPSA) is 37.3 Å². The summed E-state index contributed by atoms with van der Waals surface area (Å²) < 4.78 is 0. The molecule has 0 aromatic heterocycles. The van der Waals surface area contributed by atoms with Gasteiger partial charge in [-0.05, 0) is 37.0 Å². The molecule has 0 aliphatic heterocycles. The second-order valence-electron chi connectivity index (χ2n) is 8.06. The molecule has 0 heterocycles. The maximum Gasteiger partial charge on any atom is 0.310 e. The van der Waals surface area contributed by atoms with Crippen LogP contribution in [0.5, 0.6) is 0 Å². The highest BCUT2D eigenvalue weighted by atomic mass is 28.3. The van der Waals surface area contributed by atoms with E-state index in [2.05, 4.69) is 38.7 Å². The summed E-state index contributed by atoms with van der Waals surface area (Å²) in [5, 5.41) is 9.74. The fourth-order valence-electron chi connectivity index (χ4n) is 3.93. The third-order valence-electron chi connectivity index (χ3n) is 5.03. The minimum Gasteiger partial charge on any atom is -0.481 e. The lowest BCUT2D eigenvalue weighted by Gasteiger charge is -2.34. The minimum atomic E-state index is -1.01. The summed E-state index contributed by atoms with van der Waals surface area (Å²) >= 11 is 0. The second-order valence-corrected chi connectivity index (χ2v) is 13.7. The van der Waals surface area contributed by atoms with Crippen molar-refractivity contribution in [1.29, 1.82) is 0 Å². The number of hydrogen-bond donors (Lipinski definition) is 1. The molecule has 1 fully saturated rings. The maximum atomic E-state index is 11.8. The first-order chi connectivity index (χ1) is 8.73. The van der Waals surface area contributed by atoms with Gasteiger partial charge in [0.1, 0.15) is 0 Å². The fraction of sp³-hybridized carbons (Fsp3) is 0.812. The van der Waals surface area contributed by atoms with Crippen LogP contribution in [0.4, 0.5) is 0 Å². The molecule has 2 rings (SSSR count). The van der Waals surface area contributed by atoms with Gasteiger partial charge in [0.2, 0.25) is 0 Å². The molecule has 3 heteroatoms. The molecular weight excluding hydrogens is 252 g/mol. The highest BCUT2D eigenvalue weighted by molar-refractivity contribution is 6.76. The van der Waals surface area contributed by atoms with Crippen LogP contribution in [0.2, 0.25) is 25.7 Å². The maximum absolute atomic E-state index is 11.8. The number of carbonyl (C=O) groups is 1. The van der Waals surface area contributed by atoms with Gasteiger partial charge in [-0.3, -0.25) is 4.79 Å². The van der Waals surface area contributed by atoms with E-state index in [1.165, 1.54) is 12.5 Å². The zero-order chi connectivity index (χ0) is 14.3. The molecule has 2 bridgehead atoms. The van der Waals surface area contributed by atoms with Crippen LogP contribution in [0.15, 0.2) is 12.2 Å². The van der Waals surface area contributed by atoms with Crippen LogP contribution in [0.1, 0.15) is 32.6 Å². The van der Waals surface area contributed by atoms with Crippen LogP contribution in [0, 0.1) is 23.2 Å². The molecule has 19 heavy (non-hydrogen) atoms. The number of fused-ring (bicyclic) bond motifs is 2. The Morgan fingerprint density at radius 1 is 1.42 bits per heavy atom. The molecule has 0 saturated heterocycles. The average Bonchev–Trinajstić information content (AvgIpc) is 2.86. The van der Waals surface area contributed by atoms with Gasteiger partial charge in [0.15, 0.2) is 0 Å². The van der Waals surface area contributed by atoms with Gasteiger partial charge in [-0.15, -0.1) is 0 Å². The SMILES string of the molecule is CC(CC[Si](C)(C)C)CC1(C(=O)O)CC2C=CC1C2. The lowest BCUT2D eigenvalue weighted by atomic mass is 9.70. The van der Waals surface area contributed by atoms with Crippen LogP contribution < -0.4 is 0 Å². The number of hydrogen-bond acceptors (Lipinski definition) is 1. The van der Waals surface area contributed by atoms with Crippen molar-refractivity contribution in [2.45, 2.75) is 58.3 Å². The molecule has 1 saturated carbocycles. The van der Waals surface area contributed by atoms with E-state index >= 15 is 0 Å². The summed E-state index contributed by atoms with van der Waals surface area (Å²) in [5.74, 6) is 0.814. The summed E-state index contributed by atoms with van der Waals surface area (Å²) in [6.07, 6.45) is 8.43. The zero-order valence-corrected chi connectivity index (χ0v) is 13.8. The molecule has 0 amide bonds. The number of carboxylic acid groups (broad SMARTS) is 1. The highest BCUT2D eigenvalue weighted by Gasteiger charge is 2.53. The Balaban J connectivity index is 1.99. The first kappa shape index (κ1) is 14.8. The van der Waals surface area contributed by atoms with Crippen molar-refractivity contribution in [3.05, 3.63) is 12.2 Å². The molecule has 4 atom stereocenters. The van der Waals surface area contributed by atoms with Crippen molar-refractivity contribution in [2.24, 2.45) is 23.2 Å². The third-order valence-corrected chi connectivity index (χ3v) is 6.82. The lowest BCUT2D eigenvalue weighted by Crippen LogP contribution is -2.37. The second kappa shape index (κ2) is 5.08. The van der Waals surface area contributed by atoms with Gasteiger partial charge < -0.3 is 5.11 Å². The summed E-state index contributed by atoms with van der Waals surface area (Å²) in [7, 11) is -1.01. The van der Waals surface area contributed by atoms with E-state index in [9.17, 15) is 9.90 Å². The van der Waals surface area contributed by atoms with Gasteiger partial charge in [-0.1, -0.05) is 51.2 Å². The lowest BCUT2D eigenvalue weighted by molar-refractivity contribution is -0.152. The monoisotopic (exact) mass is 280 g/mol. The molecule has 4 unspecified atom stereocenters. The average molecular weight is 280 g/mol. The summed E-state index contributed by atoms with van der Waals surface area (Å²) in [6.45, 7) is 9.44. The normalized spacial score (nSPS) is 34.7. The number of carboxylic acids is 1. The zero-order valence-electron chi connectivity index (χ0n) is 12.8.